The van der Waals surface area contributed by atoms with Crippen LogP contribution in [-0.4, -0.2) is 18.3 Å². The molecule has 0 aromatic carbocycles. The summed E-state index contributed by atoms with van der Waals surface area (Å²) in [4.78, 5) is 34.1. The second-order valence-corrected chi connectivity index (χ2v) is 1.50. The van der Waals surface area contributed by atoms with Crippen molar-refractivity contribution in [3.8, 4) is 0 Å². The first-order valence-electron chi connectivity index (χ1n) is 1.22. The minimum Gasteiger partial charge on any atom is -0.672 e. The fraction of sp³-hybridized carbons (Fsp3) is 0. The van der Waals surface area contributed by atoms with E-state index in [1.807, 2.05) is 0 Å². The van der Waals surface area contributed by atoms with Crippen LogP contribution in [0.2, 0.25) is 0 Å². The van der Waals surface area contributed by atoms with E-state index >= 15 is 0 Å². The van der Waals surface area contributed by atoms with E-state index in [1.54, 1.807) is 0 Å². The molecule has 0 saturated carbocycles. The summed E-state index contributed by atoms with van der Waals surface area (Å²) >= 11 is 0. The molecular weight excluding hydrogens is 283 g/mol. The molecule has 0 aromatic rings. The summed E-state index contributed by atoms with van der Waals surface area (Å²) < 4.78 is 17.0. The van der Waals surface area contributed by atoms with Gasteiger partial charge in [0.05, 0.1) is 0 Å². The maximum Gasteiger partial charge on any atom is 2.00 e. The van der Waals surface area contributed by atoms with Crippen molar-refractivity contribution >= 4 is 18.3 Å². The van der Waals surface area contributed by atoms with E-state index in [0.29, 0.717) is 0 Å². The van der Waals surface area contributed by atoms with E-state index in [-0.39, 0.29) is 39.0 Å². The first kappa shape index (κ1) is 22.4. The molecule has 10 heteroatoms. The van der Waals surface area contributed by atoms with Gasteiger partial charge in [-0.2, -0.15) is 0 Å². The summed E-state index contributed by atoms with van der Waals surface area (Å²) in [6.45, 7) is 0. The van der Waals surface area contributed by atoms with Crippen molar-refractivity contribution in [2.24, 2.45) is 0 Å². The topological polar surface area (TPSA) is 126 Å². The van der Waals surface area contributed by atoms with E-state index in [0.717, 1.165) is 0 Å². The van der Waals surface area contributed by atoms with Crippen LogP contribution in [0.15, 0.2) is 0 Å². The molecule has 0 aliphatic carbocycles. The number of hydrogen-bond donors (Lipinski definition) is 0. The zero-order valence-corrected chi connectivity index (χ0v) is 12.8. The third kappa shape index (κ3) is 2060. The van der Waals surface area contributed by atoms with E-state index in [1.165, 1.54) is 0 Å². The SMILES string of the molecule is O=[Si]([O-])[O-].O=[Si]([O-])[O-].[Zn+2].[Zn+2]. The van der Waals surface area contributed by atoms with Crippen LogP contribution in [0.25, 0.3) is 0 Å². The molecule has 0 N–H and O–H groups in total. The molecule has 0 spiro atoms. The quantitative estimate of drug-likeness (QED) is 0.407. The van der Waals surface area contributed by atoms with Gasteiger partial charge in [0.2, 0.25) is 0 Å². The fourth-order valence-electron chi connectivity index (χ4n) is 0. The molecule has 0 aliphatic heterocycles. The fourth-order valence-corrected chi connectivity index (χ4v) is 0. The Labute approximate surface area is 85.2 Å². The van der Waals surface area contributed by atoms with E-state index < -0.39 is 18.3 Å². The molecule has 10 heavy (non-hydrogen) atoms. The van der Waals surface area contributed by atoms with Crippen LogP contribution < -0.4 is 19.2 Å². The first-order chi connectivity index (χ1) is 3.46. The zero-order chi connectivity index (χ0) is 7.15. The van der Waals surface area contributed by atoms with Gasteiger partial charge >= 0.3 is 39.0 Å². The van der Waals surface area contributed by atoms with Gasteiger partial charge in [0.15, 0.2) is 0 Å². The van der Waals surface area contributed by atoms with Crippen molar-refractivity contribution in [1.82, 2.24) is 0 Å². The Morgan fingerprint density at radius 3 is 0.700 bits per heavy atom. The normalized spacial score (nSPS) is 4.80. The van der Waals surface area contributed by atoms with Gasteiger partial charge in [-0.3, -0.25) is 0 Å². The van der Waals surface area contributed by atoms with Gasteiger partial charge in [-0.25, -0.2) is 0 Å². The van der Waals surface area contributed by atoms with Crippen LogP contribution in [-0.2, 0) is 47.9 Å². The number of rotatable bonds is 0. The van der Waals surface area contributed by atoms with Crippen LogP contribution >= 0.6 is 0 Å². The van der Waals surface area contributed by atoms with Crippen LogP contribution in [0.5, 0.6) is 0 Å². The molecule has 0 amide bonds. The van der Waals surface area contributed by atoms with E-state index in [4.69, 9.17) is 28.1 Å². The molecule has 0 radical (unpaired) electrons. The van der Waals surface area contributed by atoms with Crippen molar-refractivity contribution in [2.75, 3.05) is 0 Å². The van der Waals surface area contributed by atoms with Gasteiger partial charge in [-0.15, -0.1) is 0 Å². The predicted molar refractivity (Wildman–Crippen MR) is 12.9 cm³/mol. The molecule has 0 bridgehead atoms. The van der Waals surface area contributed by atoms with Gasteiger partial charge in [0.25, 0.3) is 0 Å². The van der Waals surface area contributed by atoms with Crippen LogP contribution in [0.3, 0.4) is 0 Å². The Balaban J connectivity index is -0.0000000300. The average Bonchev–Trinajstić information content (AvgIpc) is 1.25. The first-order valence-corrected chi connectivity index (χ1v) is 3.67. The molecule has 48 valence electrons. The minimum atomic E-state index is -3.63. The van der Waals surface area contributed by atoms with Crippen LogP contribution in [0, 0.1) is 0 Å². The Bertz CT molecular complexity index is 71.7. The molecule has 6 nitrogen and oxygen atoms in total. The number of hydrogen-bond acceptors (Lipinski definition) is 6. The Hall–Kier alpha value is 0.481. The summed E-state index contributed by atoms with van der Waals surface area (Å²) in [6.07, 6.45) is 0. The molecule has 0 atom stereocenters. The molecule has 0 rings (SSSR count). The maximum atomic E-state index is 8.52. The molecule has 0 fully saturated rings. The predicted octanol–water partition coefficient (Wildman–Crippen LogP) is -5.76. The minimum absolute atomic E-state index is 0. The summed E-state index contributed by atoms with van der Waals surface area (Å²) in [5.41, 5.74) is 0. The molecule has 0 saturated heterocycles. The van der Waals surface area contributed by atoms with Crippen LogP contribution in [0.4, 0.5) is 0 Å². The zero-order valence-electron chi connectivity index (χ0n) is 4.86. The van der Waals surface area contributed by atoms with Gasteiger partial charge in [-0.05, 0) is 0 Å². The van der Waals surface area contributed by atoms with Crippen molar-refractivity contribution in [3.05, 3.63) is 0 Å². The summed E-state index contributed by atoms with van der Waals surface area (Å²) in [5, 5.41) is 0. The van der Waals surface area contributed by atoms with Crippen molar-refractivity contribution in [2.45, 2.75) is 0 Å². The Morgan fingerprint density at radius 2 is 0.700 bits per heavy atom. The molecule has 0 aromatic heterocycles. The Kier molecular flexibility index (Phi) is 36.4. The second kappa shape index (κ2) is 16.2. The van der Waals surface area contributed by atoms with Gasteiger partial charge in [0, 0.05) is 18.3 Å². The van der Waals surface area contributed by atoms with Gasteiger partial charge in [0.1, 0.15) is 0 Å². The maximum absolute atomic E-state index is 8.52. The average molecular weight is 283 g/mol. The summed E-state index contributed by atoms with van der Waals surface area (Å²) in [5.74, 6) is 0. The van der Waals surface area contributed by atoms with Gasteiger partial charge < -0.3 is 28.1 Å². The van der Waals surface area contributed by atoms with Crippen molar-refractivity contribution in [1.29, 1.82) is 0 Å². The van der Waals surface area contributed by atoms with E-state index in [2.05, 4.69) is 0 Å². The van der Waals surface area contributed by atoms with Crippen LogP contribution in [0.1, 0.15) is 0 Å². The molecule has 0 unspecified atom stereocenters. The molecule has 0 heterocycles. The smallest absolute Gasteiger partial charge is 0.672 e. The third-order valence-corrected chi connectivity index (χ3v) is 0. The van der Waals surface area contributed by atoms with E-state index in [9.17, 15) is 0 Å². The summed E-state index contributed by atoms with van der Waals surface area (Å²) in [7, 11) is -7.26. The second-order valence-electron chi connectivity index (χ2n) is 0.500. The Morgan fingerprint density at radius 1 is 0.700 bits per heavy atom. The standard InChI is InChI=1S/2O3Si.2Zn/c2*1-4(2)3;;/q2*-2;2*+2. The van der Waals surface area contributed by atoms with Crippen molar-refractivity contribution in [3.63, 3.8) is 0 Å². The van der Waals surface area contributed by atoms with Gasteiger partial charge in [-0.1, -0.05) is 0 Å². The molecule has 0 aliphatic rings. The third-order valence-electron chi connectivity index (χ3n) is 0. The molecular formula is O6Si2Zn2. The monoisotopic (exact) mass is 280 g/mol. The largest absolute Gasteiger partial charge is 2.00 e. The summed E-state index contributed by atoms with van der Waals surface area (Å²) in [6, 6.07) is 0. The van der Waals surface area contributed by atoms with Crippen molar-refractivity contribution < 1.29 is 67.1 Å².